The first-order valence-corrected chi connectivity index (χ1v) is 3.47. The van der Waals surface area contributed by atoms with Crippen molar-refractivity contribution in [3.8, 4) is 5.75 Å². The summed E-state index contributed by atoms with van der Waals surface area (Å²) in [6.45, 7) is 1.27. The smallest absolute Gasteiger partial charge is 0.345 e. The number of aryl methyl sites for hydroxylation is 1. The van der Waals surface area contributed by atoms with Crippen LogP contribution in [0.3, 0.4) is 0 Å². The molecule has 1 heterocycles. The summed E-state index contributed by atoms with van der Waals surface area (Å²) in [6.07, 6.45) is 0. The summed E-state index contributed by atoms with van der Waals surface area (Å²) in [5.74, 6) is 0.834. The number of aliphatic hydroxyl groups is 1. The van der Waals surface area contributed by atoms with Crippen LogP contribution in [0, 0.1) is 6.92 Å². The van der Waals surface area contributed by atoms with Crippen LogP contribution >= 0.6 is 0 Å². The Kier molecular flexibility index (Phi) is 2.50. The minimum absolute atomic E-state index is 0.156. The molecule has 4 nitrogen and oxygen atoms in total. The Bertz CT molecular complexity index is 326. The van der Waals surface area contributed by atoms with E-state index in [1.165, 1.54) is 7.11 Å². The fourth-order valence-electron chi connectivity index (χ4n) is 0.934. The van der Waals surface area contributed by atoms with E-state index in [-0.39, 0.29) is 12.2 Å². The van der Waals surface area contributed by atoms with Crippen LogP contribution < -0.4 is 10.4 Å². The maximum absolute atomic E-state index is 11.0. The second-order valence-corrected chi connectivity index (χ2v) is 2.35. The first-order chi connectivity index (χ1) is 5.69. The van der Waals surface area contributed by atoms with Gasteiger partial charge in [0.15, 0.2) is 0 Å². The zero-order chi connectivity index (χ0) is 9.14. The van der Waals surface area contributed by atoms with Crippen molar-refractivity contribution in [2.45, 2.75) is 13.5 Å². The van der Waals surface area contributed by atoms with Gasteiger partial charge in [-0.25, -0.2) is 4.79 Å². The van der Waals surface area contributed by atoms with Gasteiger partial charge in [0.1, 0.15) is 17.1 Å². The van der Waals surface area contributed by atoms with Crippen LogP contribution in [0.4, 0.5) is 0 Å². The molecule has 0 radical (unpaired) electrons. The maximum atomic E-state index is 11.0. The molecule has 0 saturated carbocycles. The molecule has 0 aliphatic heterocycles. The summed E-state index contributed by atoms with van der Waals surface area (Å²) < 4.78 is 9.62. The standard InChI is InChI=1S/C8H10O4/c1-5-3-7(11-2)6(4-9)8(10)12-5/h3,9H,4H2,1-2H3. The van der Waals surface area contributed by atoms with E-state index in [0.717, 1.165) is 0 Å². The third-order valence-corrected chi connectivity index (χ3v) is 1.51. The average molecular weight is 170 g/mol. The second kappa shape index (κ2) is 3.40. The molecule has 0 unspecified atom stereocenters. The average Bonchev–Trinajstić information content (AvgIpc) is 2.03. The third kappa shape index (κ3) is 1.48. The summed E-state index contributed by atoms with van der Waals surface area (Å²) in [6, 6.07) is 1.56. The molecule has 66 valence electrons. The second-order valence-electron chi connectivity index (χ2n) is 2.35. The van der Waals surface area contributed by atoms with E-state index in [1.54, 1.807) is 13.0 Å². The first kappa shape index (κ1) is 8.80. The quantitative estimate of drug-likeness (QED) is 0.700. The van der Waals surface area contributed by atoms with Gasteiger partial charge in [-0.2, -0.15) is 0 Å². The fourth-order valence-corrected chi connectivity index (χ4v) is 0.934. The van der Waals surface area contributed by atoms with Crippen LogP contribution in [-0.2, 0) is 6.61 Å². The van der Waals surface area contributed by atoms with Crippen LogP contribution in [-0.4, -0.2) is 12.2 Å². The molecule has 1 rings (SSSR count). The summed E-state index contributed by atoms with van der Waals surface area (Å²) in [5.41, 5.74) is -0.391. The normalized spacial score (nSPS) is 9.92. The molecule has 12 heavy (non-hydrogen) atoms. The van der Waals surface area contributed by atoms with Crippen LogP contribution in [0.15, 0.2) is 15.3 Å². The molecule has 0 spiro atoms. The molecule has 1 aromatic rings. The number of ether oxygens (including phenoxy) is 1. The Balaban J connectivity index is 3.34. The number of hydrogen-bond donors (Lipinski definition) is 1. The molecule has 0 atom stereocenters. The highest BCUT2D eigenvalue weighted by atomic mass is 16.5. The van der Waals surface area contributed by atoms with Crippen molar-refractivity contribution in [3.05, 3.63) is 27.8 Å². The van der Waals surface area contributed by atoms with E-state index in [9.17, 15) is 4.79 Å². The molecular formula is C8H10O4. The van der Waals surface area contributed by atoms with Crippen LogP contribution in [0.5, 0.6) is 5.75 Å². The Hall–Kier alpha value is -1.29. The lowest BCUT2D eigenvalue weighted by Gasteiger charge is -2.03. The van der Waals surface area contributed by atoms with E-state index in [0.29, 0.717) is 11.5 Å². The minimum atomic E-state index is -0.547. The van der Waals surface area contributed by atoms with Crippen molar-refractivity contribution >= 4 is 0 Å². The number of hydrogen-bond acceptors (Lipinski definition) is 4. The minimum Gasteiger partial charge on any atom is -0.496 e. The predicted octanol–water partition coefficient (Wildman–Crippen LogP) is 0.449. The molecule has 0 aromatic carbocycles. The van der Waals surface area contributed by atoms with Crippen LogP contribution in [0.25, 0.3) is 0 Å². The summed E-state index contributed by atoms with van der Waals surface area (Å²) in [7, 11) is 1.44. The topological polar surface area (TPSA) is 59.7 Å². The highest BCUT2D eigenvalue weighted by molar-refractivity contribution is 5.30. The maximum Gasteiger partial charge on any atom is 0.345 e. The largest absolute Gasteiger partial charge is 0.496 e. The van der Waals surface area contributed by atoms with Crippen LogP contribution in [0.2, 0.25) is 0 Å². The molecule has 0 fully saturated rings. The Labute approximate surface area is 69.4 Å². The number of methoxy groups -OCH3 is 1. The highest BCUT2D eigenvalue weighted by Gasteiger charge is 2.08. The molecule has 0 saturated heterocycles. The monoisotopic (exact) mass is 170 g/mol. The molecule has 1 N–H and O–H groups in total. The lowest BCUT2D eigenvalue weighted by atomic mass is 10.2. The SMILES string of the molecule is COc1cc(C)oc(=O)c1CO. The summed E-state index contributed by atoms with van der Waals surface area (Å²) in [4.78, 5) is 11.0. The molecule has 0 aliphatic rings. The molecule has 0 bridgehead atoms. The van der Waals surface area contributed by atoms with Crippen molar-refractivity contribution < 1.29 is 14.3 Å². The van der Waals surface area contributed by atoms with Gasteiger partial charge < -0.3 is 14.3 Å². The summed E-state index contributed by atoms with van der Waals surface area (Å²) in [5, 5.41) is 8.78. The molecule has 1 aromatic heterocycles. The Morgan fingerprint density at radius 2 is 2.33 bits per heavy atom. The van der Waals surface area contributed by atoms with E-state index in [1.807, 2.05) is 0 Å². The van der Waals surface area contributed by atoms with Gasteiger partial charge in [-0.3, -0.25) is 0 Å². The fraction of sp³-hybridized carbons (Fsp3) is 0.375. The van der Waals surface area contributed by atoms with Gasteiger partial charge in [-0.1, -0.05) is 0 Å². The van der Waals surface area contributed by atoms with Gasteiger partial charge in [-0.15, -0.1) is 0 Å². The van der Waals surface area contributed by atoms with Gasteiger partial charge >= 0.3 is 5.63 Å². The summed E-state index contributed by atoms with van der Waals surface area (Å²) >= 11 is 0. The Morgan fingerprint density at radius 1 is 1.67 bits per heavy atom. The van der Waals surface area contributed by atoms with Crippen molar-refractivity contribution in [2.75, 3.05) is 7.11 Å². The van der Waals surface area contributed by atoms with Crippen LogP contribution in [0.1, 0.15) is 11.3 Å². The lowest BCUT2D eigenvalue weighted by molar-refractivity contribution is 0.264. The number of rotatable bonds is 2. The Morgan fingerprint density at radius 3 is 2.83 bits per heavy atom. The van der Waals surface area contributed by atoms with Crippen molar-refractivity contribution in [1.29, 1.82) is 0 Å². The number of aliphatic hydroxyl groups excluding tert-OH is 1. The van der Waals surface area contributed by atoms with Gasteiger partial charge in [0, 0.05) is 6.07 Å². The molecular weight excluding hydrogens is 160 g/mol. The zero-order valence-electron chi connectivity index (χ0n) is 6.96. The first-order valence-electron chi connectivity index (χ1n) is 3.47. The highest BCUT2D eigenvalue weighted by Crippen LogP contribution is 2.15. The van der Waals surface area contributed by atoms with E-state index < -0.39 is 5.63 Å². The lowest BCUT2D eigenvalue weighted by Crippen LogP contribution is -2.09. The molecule has 0 aliphatic carbocycles. The van der Waals surface area contributed by atoms with Gasteiger partial charge in [0.25, 0.3) is 0 Å². The van der Waals surface area contributed by atoms with Gasteiger partial charge in [0.05, 0.1) is 13.7 Å². The van der Waals surface area contributed by atoms with E-state index >= 15 is 0 Å². The third-order valence-electron chi connectivity index (χ3n) is 1.51. The van der Waals surface area contributed by atoms with Crippen molar-refractivity contribution in [2.24, 2.45) is 0 Å². The van der Waals surface area contributed by atoms with E-state index in [4.69, 9.17) is 14.3 Å². The molecule has 4 heteroatoms. The predicted molar refractivity (Wildman–Crippen MR) is 42.2 cm³/mol. The molecule has 0 amide bonds. The zero-order valence-corrected chi connectivity index (χ0v) is 6.96. The van der Waals surface area contributed by atoms with Crippen molar-refractivity contribution in [3.63, 3.8) is 0 Å². The van der Waals surface area contributed by atoms with Gasteiger partial charge in [-0.05, 0) is 6.92 Å². The van der Waals surface area contributed by atoms with Gasteiger partial charge in [0.2, 0.25) is 0 Å². The van der Waals surface area contributed by atoms with E-state index in [2.05, 4.69) is 0 Å². The van der Waals surface area contributed by atoms with Crippen molar-refractivity contribution in [1.82, 2.24) is 0 Å².